The van der Waals surface area contributed by atoms with Gasteiger partial charge in [0.15, 0.2) is 0 Å². The summed E-state index contributed by atoms with van der Waals surface area (Å²) in [5.41, 5.74) is 4.85. The van der Waals surface area contributed by atoms with E-state index in [1.165, 1.54) is 25.1 Å². The fourth-order valence-corrected chi connectivity index (χ4v) is 5.04. The van der Waals surface area contributed by atoms with Gasteiger partial charge in [-0.05, 0) is 54.0 Å². The zero-order valence-corrected chi connectivity index (χ0v) is 15.8. The Morgan fingerprint density at radius 3 is 2.60 bits per heavy atom. The monoisotopic (exact) mass is 334 g/mol. The van der Waals surface area contributed by atoms with Crippen LogP contribution >= 0.6 is 0 Å². The molecule has 0 saturated carbocycles. The number of piperidine rings is 1. The Hall–Kier alpha value is -1.80. The van der Waals surface area contributed by atoms with Crippen molar-refractivity contribution in [1.29, 1.82) is 0 Å². The van der Waals surface area contributed by atoms with Crippen molar-refractivity contribution in [2.45, 2.75) is 38.1 Å². The minimum absolute atomic E-state index is 0.349. The van der Waals surface area contributed by atoms with Gasteiger partial charge >= 0.3 is 0 Å². The van der Waals surface area contributed by atoms with Crippen LogP contribution in [0.1, 0.15) is 31.4 Å². The van der Waals surface area contributed by atoms with E-state index in [-0.39, 0.29) is 0 Å². The number of fused-ring (bicyclic) bond motifs is 4. The van der Waals surface area contributed by atoms with E-state index in [0.29, 0.717) is 11.5 Å². The molecule has 2 nitrogen and oxygen atoms in total. The quantitative estimate of drug-likeness (QED) is 0.820. The van der Waals surface area contributed by atoms with E-state index in [2.05, 4.69) is 85.3 Å². The highest BCUT2D eigenvalue weighted by Crippen LogP contribution is 2.48. The average Bonchev–Trinajstić information content (AvgIpc) is 2.64. The third-order valence-electron chi connectivity index (χ3n) is 6.95. The van der Waals surface area contributed by atoms with Crippen molar-refractivity contribution in [3.63, 3.8) is 0 Å². The topological polar surface area (TPSA) is 6.48 Å². The van der Waals surface area contributed by atoms with Gasteiger partial charge in [-0.2, -0.15) is 0 Å². The van der Waals surface area contributed by atoms with Gasteiger partial charge in [0, 0.05) is 31.9 Å². The van der Waals surface area contributed by atoms with Gasteiger partial charge in [0.05, 0.1) is 0 Å². The highest BCUT2D eigenvalue weighted by molar-refractivity contribution is 5.45. The van der Waals surface area contributed by atoms with Crippen LogP contribution in [0.5, 0.6) is 0 Å². The third-order valence-corrected chi connectivity index (χ3v) is 6.95. The van der Waals surface area contributed by atoms with E-state index in [1.54, 1.807) is 11.1 Å². The molecule has 3 atom stereocenters. The maximum Gasteiger partial charge on any atom is 0.0364 e. The summed E-state index contributed by atoms with van der Waals surface area (Å²) in [5, 5.41) is 0. The van der Waals surface area contributed by atoms with E-state index >= 15 is 0 Å². The molecule has 25 heavy (non-hydrogen) atoms. The van der Waals surface area contributed by atoms with Crippen molar-refractivity contribution in [1.82, 2.24) is 4.90 Å². The van der Waals surface area contributed by atoms with Gasteiger partial charge in [0.1, 0.15) is 0 Å². The van der Waals surface area contributed by atoms with E-state index in [9.17, 15) is 0 Å². The van der Waals surface area contributed by atoms with Gasteiger partial charge in [0.25, 0.3) is 0 Å². The van der Waals surface area contributed by atoms with E-state index < -0.39 is 0 Å². The fraction of sp³-hybridized carbons (Fsp3) is 0.478. The highest BCUT2D eigenvalue weighted by Gasteiger charge is 2.47. The fourth-order valence-electron chi connectivity index (χ4n) is 5.04. The minimum Gasteiger partial charge on any atom is -0.373 e. The molecule has 2 aromatic carbocycles. The molecule has 132 valence electrons. The van der Waals surface area contributed by atoms with Crippen LogP contribution in [0, 0.1) is 5.92 Å². The van der Waals surface area contributed by atoms with E-state index in [1.807, 2.05) is 0 Å². The number of likely N-dealkylation sites (tertiary alicyclic amines) is 1. The molecule has 0 unspecified atom stereocenters. The molecule has 1 aliphatic heterocycles. The summed E-state index contributed by atoms with van der Waals surface area (Å²) >= 11 is 0. The first-order valence-corrected chi connectivity index (χ1v) is 9.68. The predicted octanol–water partition coefficient (Wildman–Crippen LogP) is 4.35. The molecule has 0 amide bonds. The second kappa shape index (κ2) is 6.49. The van der Waals surface area contributed by atoms with Crippen molar-refractivity contribution in [2.24, 2.45) is 5.92 Å². The second-order valence-electron chi connectivity index (χ2n) is 8.18. The summed E-state index contributed by atoms with van der Waals surface area (Å²) in [7, 11) is 2.21. The summed E-state index contributed by atoms with van der Waals surface area (Å²) in [6.07, 6.45) is 2.48. The van der Waals surface area contributed by atoms with Crippen molar-refractivity contribution in [3.8, 4) is 0 Å². The standard InChI is InChI=1S/C23H30N2/c1-18-22-17-19-9-7-8-12-21(19)23(18,2)13-14-25(22)16-15-24(3)20-10-5-4-6-11-20/h4-12,18,22H,13-17H2,1-3H3/t18-,22+,23+/m0/s1. The summed E-state index contributed by atoms with van der Waals surface area (Å²) in [6.45, 7) is 8.44. The second-order valence-corrected chi connectivity index (χ2v) is 8.18. The van der Waals surface area contributed by atoms with E-state index in [4.69, 9.17) is 0 Å². The normalized spacial score (nSPS) is 28.4. The van der Waals surface area contributed by atoms with Gasteiger partial charge in [-0.15, -0.1) is 0 Å². The first-order valence-electron chi connectivity index (χ1n) is 9.68. The number of hydrogen-bond donors (Lipinski definition) is 0. The maximum absolute atomic E-state index is 2.75. The van der Waals surface area contributed by atoms with Crippen molar-refractivity contribution >= 4 is 5.69 Å². The zero-order chi connectivity index (χ0) is 17.4. The Balaban J connectivity index is 1.49. The smallest absolute Gasteiger partial charge is 0.0364 e. The Morgan fingerprint density at radius 2 is 1.80 bits per heavy atom. The Kier molecular flexibility index (Phi) is 4.33. The molecule has 1 heterocycles. The Bertz CT molecular complexity index is 726. The summed E-state index contributed by atoms with van der Waals surface area (Å²) in [5.74, 6) is 0.721. The molecule has 1 fully saturated rings. The maximum atomic E-state index is 2.75. The molecule has 1 aliphatic carbocycles. The number of nitrogens with zero attached hydrogens (tertiary/aromatic N) is 2. The molecular weight excluding hydrogens is 304 g/mol. The van der Waals surface area contributed by atoms with Crippen LogP contribution in [0.25, 0.3) is 0 Å². The van der Waals surface area contributed by atoms with Gasteiger partial charge in [0.2, 0.25) is 0 Å². The lowest BCUT2D eigenvalue weighted by Crippen LogP contribution is -2.58. The van der Waals surface area contributed by atoms with Crippen LogP contribution < -0.4 is 4.90 Å². The third kappa shape index (κ3) is 2.87. The average molecular weight is 335 g/mol. The number of rotatable bonds is 4. The summed E-state index contributed by atoms with van der Waals surface area (Å²) in [6, 6.07) is 20.6. The largest absolute Gasteiger partial charge is 0.373 e. The van der Waals surface area contributed by atoms with E-state index in [0.717, 1.165) is 19.0 Å². The number of anilines is 1. The molecule has 0 spiro atoms. The molecule has 1 saturated heterocycles. The molecule has 2 aromatic rings. The number of likely N-dealkylation sites (N-methyl/N-ethyl adjacent to an activating group) is 1. The molecule has 0 aromatic heterocycles. The van der Waals surface area contributed by atoms with Crippen LogP contribution in [-0.4, -0.2) is 37.6 Å². The van der Waals surface area contributed by atoms with Crippen molar-refractivity contribution in [2.75, 3.05) is 31.6 Å². The van der Waals surface area contributed by atoms with Gasteiger partial charge in [-0.1, -0.05) is 56.3 Å². The molecule has 2 aliphatic rings. The van der Waals surface area contributed by atoms with Crippen molar-refractivity contribution < 1.29 is 0 Å². The molecule has 4 rings (SSSR count). The van der Waals surface area contributed by atoms with Gasteiger partial charge < -0.3 is 4.90 Å². The van der Waals surface area contributed by atoms with Crippen LogP contribution in [0.4, 0.5) is 5.69 Å². The lowest BCUT2D eigenvalue weighted by molar-refractivity contribution is 0.0336. The van der Waals surface area contributed by atoms with Gasteiger partial charge in [-0.3, -0.25) is 4.90 Å². The molecule has 2 bridgehead atoms. The van der Waals surface area contributed by atoms with Crippen LogP contribution in [-0.2, 0) is 11.8 Å². The number of hydrogen-bond acceptors (Lipinski definition) is 2. The molecule has 2 heteroatoms. The summed E-state index contributed by atoms with van der Waals surface area (Å²) in [4.78, 5) is 5.14. The molecule has 0 radical (unpaired) electrons. The highest BCUT2D eigenvalue weighted by atomic mass is 15.2. The summed E-state index contributed by atoms with van der Waals surface area (Å²) < 4.78 is 0. The first-order chi connectivity index (χ1) is 12.1. The predicted molar refractivity (Wildman–Crippen MR) is 106 cm³/mol. The van der Waals surface area contributed by atoms with Crippen molar-refractivity contribution in [3.05, 3.63) is 65.7 Å². The van der Waals surface area contributed by atoms with Crippen LogP contribution in [0.15, 0.2) is 54.6 Å². The first kappa shape index (κ1) is 16.7. The lowest BCUT2D eigenvalue weighted by Gasteiger charge is -2.54. The molecular formula is C23H30N2. The minimum atomic E-state index is 0.349. The number of para-hydroxylation sites is 1. The van der Waals surface area contributed by atoms with Gasteiger partial charge in [-0.25, -0.2) is 0 Å². The SMILES string of the molecule is C[C@H]1[C@H]2Cc3ccccc3[C@]1(C)CCN2CCN(C)c1ccccc1. The Labute approximate surface area is 152 Å². The molecule has 0 N–H and O–H groups in total. The number of benzene rings is 2. The van der Waals surface area contributed by atoms with Crippen LogP contribution in [0.2, 0.25) is 0 Å². The Morgan fingerprint density at radius 1 is 1.08 bits per heavy atom. The lowest BCUT2D eigenvalue weighted by atomic mass is 9.59. The van der Waals surface area contributed by atoms with Crippen LogP contribution in [0.3, 0.4) is 0 Å². The zero-order valence-electron chi connectivity index (χ0n) is 15.8.